The van der Waals surface area contributed by atoms with Crippen molar-refractivity contribution in [1.82, 2.24) is 19.8 Å². The molecule has 0 unspecified atom stereocenters. The second kappa shape index (κ2) is 5.42. The summed E-state index contributed by atoms with van der Waals surface area (Å²) in [6.07, 6.45) is 0. The number of thioether (sulfide) groups is 1. The van der Waals surface area contributed by atoms with Gasteiger partial charge in [0.05, 0.1) is 5.75 Å². The van der Waals surface area contributed by atoms with Crippen LogP contribution in [0.5, 0.6) is 0 Å². The van der Waals surface area contributed by atoms with E-state index in [2.05, 4.69) is 67.3 Å². The first kappa shape index (κ1) is 14.5. The molecule has 0 amide bonds. The Morgan fingerprint density at radius 3 is 2.52 bits per heavy atom. The lowest BCUT2D eigenvalue weighted by molar-refractivity contribution is 0.796. The van der Waals surface area contributed by atoms with Crippen molar-refractivity contribution in [2.45, 2.75) is 38.2 Å². The molecule has 4 nitrogen and oxygen atoms in total. The molecule has 2 heterocycles. The van der Waals surface area contributed by atoms with E-state index in [1.54, 1.807) is 11.3 Å². The van der Waals surface area contributed by atoms with Crippen LogP contribution in [0.25, 0.3) is 15.5 Å². The minimum atomic E-state index is 0.210. The lowest BCUT2D eigenvalue weighted by Gasteiger charge is -2.16. The summed E-state index contributed by atoms with van der Waals surface area (Å²) < 4.78 is 2.08. The highest BCUT2D eigenvalue weighted by molar-refractivity contribution is 7.99. The molecule has 0 aliphatic rings. The largest absolute Gasteiger partial charge is 0.235 e. The Bertz CT molecular complexity index is 750. The van der Waals surface area contributed by atoms with Gasteiger partial charge in [-0.25, -0.2) is 0 Å². The molecule has 0 saturated carbocycles. The highest BCUT2D eigenvalue weighted by atomic mass is 32.2. The van der Waals surface area contributed by atoms with Crippen LogP contribution >= 0.6 is 23.1 Å². The minimum absolute atomic E-state index is 0.210. The molecule has 0 atom stereocenters. The molecule has 0 spiro atoms. The molecule has 0 saturated heterocycles. The maximum Gasteiger partial charge on any atom is 0.235 e. The molecule has 1 aromatic carbocycles. The number of benzene rings is 1. The van der Waals surface area contributed by atoms with Crippen molar-refractivity contribution < 1.29 is 0 Å². The normalized spacial score (nSPS) is 12.2. The molecule has 3 aromatic rings. The Kier molecular flexibility index (Phi) is 3.75. The van der Waals surface area contributed by atoms with Gasteiger partial charge in [0.15, 0.2) is 5.82 Å². The molecular weight excluding hydrogens is 300 g/mol. The predicted molar refractivity (Wildman–Crippen MR) is 89.9 cm³/mol. The summed E-state index contributed by atoms with van der Waals surface area (Å²) in [6, 6.07) is 8.41. The van der Waals surface area contributed by atoms with Gasteiger partial charge >= 0.3 is 0 Å². The van der Waals surface area contributed by atoms with Crippen LogP contribution in [0.15, 0.2) is 24.3 Å². The Hall–Kier alpha value is -1.40. The summed E-state index contributed by atoms with van der Waals surface area (Å²) in [5, 5.41) is 14.1. The standard InChI is InChI=1S/C15H18N4S2/c1-10-5-7-11(8-6-10)13-18-19-12(9-20-15(2,3)4)16-17-14(19)21-13/h5-8H,9H2,1-4H3. The van der Waals surface area contributed by atoms with E-state index in [0.717, 1.165) is 27.1 Å². The number of rotatable bonds is 3. The third-order valence-corrected chi connectivity index (χ3v) is 5.20. The van der Waals surface area contributed by atoms with Crippen LogP contribution in [0.3, 0.4) is 0 Å². The van der Waals surface area contributed by atoms with Crippen molar-refractivity contribution in [3.05, 3.63) is 35.7 Å². The Labute approximate surface area is 132 Å². The van der Waals surface area contributed by atoms with Crippen LogP contribution in [-0.4, -0.2) is 24.6 Å². The molecular formula is C15H18N4S2. The number of nitrogens with zero attached hydrogens (tertiary/aromatic N) is 4. The maximum atomic E-state index is 4.67. The Morgan fingerprint density at radius 1 is 1.14 bits per heavy atom. The Morgan fingerprint density at radius 2 is 1.86 bits per heavy atom. The van der Waals surface area contributed by atoms with Crippen LogP contribution < -0.4 is 0 Å². The lowest BCUT2D eigenvalue weighted by Crippen LogP contribution is -2.08. The molecule has 0 fully saturated rings. The number of aromatic nitrogens is 4. The number of fused-ring (bicyclic) bond motifs is 1. The first-order valence-corrected chi connectivity index (χ1v) is 8.65. The average Bonchev–Trinajstić information content (AvgIpc) is 2.96. The lowest BCUT2D eigenvalue weighted by atomic mass is 10.2. The van der Waals surface area contributed by atoms with E-state index in [9.17, 15) is 0 Å². The zero-order valence-corrected chi connectivity index (χ0v) is 14.3. The predicted octanol–water partition coefficient (Wildman–Crippen LogP) is 4.19. The van der Waals surface area contributed by atoms with E-state index >= 15 is 0 Å². The quantitative estimate of drug-likeness (QED) is 0.726. The highest BCUT2D eigenvalue weighted by Gasteiger charge is 2.16. The molecule has 0 radical (unpaired) electrons. The van der Waals surface area contributed by atoms with Gasteiger partial charge in [-0.1, -0.05) is 61.9 Å². The number of aryl methyl sites for hydroxylation is 1. The van der Waals surface area contributed by atoms with Crippen molar-refractivity contribution in [3.63, 3.8) is 0 Å². The summed E-state index contributed by atoms with van der Waals surface area (Å²) in [4.78, 5) is 0.857. The van der Waals surface area contributed by atoms with Crippen LogP contribution in [0.1, 0.15) is 32.2 Å². The van der Waals surface area contributed by atoms with E-state index in [1.807, 2.05) is 16.3 Å². The first-order valence-electron chi connectivity index (χ1n) is 6.84. The van der Waals surface area contributed by atoms with Crippen LogP contribution in [-0.2, 0) is 5.75 Å². The average molecular weight is 318 g/mol. The Balaban J connectivity index is 1.90. The molecule has 0 bridgehead atoms. The minimum Gasteiger partial charge on any atom is -0.186 e. The van der Waals surface area contributed by atoms with Crippen LogP contribution in [0, 0.1) is 6.92 Å². The van der Waals surface area contributed by atoms with Gasteiger partial charge in [-0.2, -0.15) is 9.61 Å². The zero-order chi connectivity index (χ0) is 15.0. The summed E-state index contributed by atoms with van der Waals surface area (Å²) in [5.74, 6) is 1.74. The highest BCUT2D eigenvalue weighted by Crippen LogP contribution is 2.29. The van der Waals surface area contributed by atoms with Crippen molar-refractivity contribution in [3.8, 4) is 10.6 Å². The van der Waals surface area contributed by atoms with Gasteiger partial charge in [0, 0.05) is 10.3 Å². The molecule has 110 valence electrons. The fraction of sp³-hybridized carbons (Fsp3) is 0.400. The summed E-state index contributed by atoms with van der Waals surface area (Å²) in [7, 11) is 0. The molecule has 0 aliphatic heterocycles. The summed E-state index contributed by atoms with van der Waals surface area (Å²) in [5.41, 5.74) is 2.38. The van der Waals surface area contributed by atoms with Gasteiger partial charge in [-0.05, 0) is 6.92 Å². The first-order chi connectivity index (χ1) is 9.92. The third kappa shape index (κ3) is 3.27. The third-order valence-electron chi connectivity index (χ3n) is 2.99. The molecule has 2 aromatic heterocycles. The van der Waals surface area contributed by atoms with Gasteiger partial charge in [0.25, 0.3) is 0 Å². The molecule has 0 aliphatic carbocycles. The number of hydrogen-bond acceptors (Lipinski definition) is 5. The van der Waals surface area contributed by atoms with Gasteiger partial charge in [-0.3, -0.25) is 0 Å². The molecule has 3 rings (SSSR count). The van der Waals surface area contributed by atoms with E-state index in [0.29, 0.717) is 0 Å². The van der Waals surface area contributed by atoms with Crippen LogP contribution in [0.4, 0.5) is 0 Å². The smallest absolute Gasteiger partial charge is 0.186 e. The summed E-state index contributed by atoms with van der Waals surface area (Å²) in [6.45, 7) is 8.70. The van der Waals surface area contributed by atoms with E-state index in [1.165, 1.54) is 5.56 Å². The fourth-order valence-corrected chi connectivity index (χ4v) is 3.45. The molecule has 6 heteroatoms. The second-order valence-electron chi connectivity index (χ2n) is 5.98. The number of hydrogen-bond donors (Lipinski definition) is 0. The van der Waals surface area contributed by atoms with Gasteiger partial charge in [0.2, 0.25) is 4.96 Å². The van der Waals surface area contributed by atoms with Crippen molar-refractivity contribution in [2.24, 2.45) is 0 Å². The summed E-state index contributed by atoms with van der Waals surface area (Å²) >= 11 is 3.43. The monoisotopic (exact) mass is 318 g/mol. The maximum absolute atomic E-state index is 4.67. The van der Waals surface area contributed by atoms with Crippen molar-refractivity contribution in [2.75, 3.05) is 0 Å². The second-order valence-corrected chi connectivity index (χ2v) is 8.74. The van der Waals surface area contributed by atoms with Crippen LogP contribution in [0.2, 0.25) is 0 Å². The molecule has 0 N–H and O–H groups in total. The topological polar surface area (TPSA) is 43.1 Å². The van der Waals surface area contributed by atoms with Crippen molar-refractivity contribution in [1.29, 1.82) is 0 Å². The van der Waals surface area contributed by atoms with E-state index in [4.69, 9.17) is 0 Å². The van der Waals surface area contributed by atoms with Gasteiger partial charge < -0.3 is 0 Å². The van der Waals surface area contributed by atoms with E-state index < -0.39 is 0 Å². The van der Waals surface area contributed by atoms with Gasteiger partial charge in [-0.15, -0.1) is 22.0 Å². The van der Waals surface area contributed by atoms with E-state index in [-0.39, 0.29) is 4.75 Å². The fourth-order valence-electron chi connectivity index (χ4n) is 1.84. The zero-order valence-electron chi connectivity index (χ0n) is 12.6. The van der Waals surface area contributed by atoms with Crippen molar-refractivity contribution >= 4 is 28.1 Å². The van der Waals surface area contributed by atoms with Gasteiger partial charge in [0.1, 0.15) is 5.01 Å². The SMILES string of the molecule is Cc1ccc(-c2nn3c(CSC(C)(C)C)nnc3s2)cc1. The molecule has 21 heavy (non-hydrogen) atoms.